The van der Waals surface area contributed by atoms with Gasteiger partial charge in [-0.3, -0.25) is 9.59 Å². The Kier molecular flexibility index (Phi) is 6.13. The molecule has 1 aromatic heterocycles. The summed E-state index contributed by atoms with van der Waals surface area (Å²) in [5.74, 6) is 0.509. The lowest BCUT2D eigenvalue weighted by Crippen LogP contribution is -2.25. The van der Waals surface area contributed by atoms with Crippen molar-refractivity contribution < 1.29 is 9.59 Å². The molecule has 18 heavy (non-hydrogen) atoms. The summed E-state index contributed by atoms with van der Waals surface area (Å²) < 4.78 is 0. The number of rotatable bonds is 6. The van der Waals surface area contributed by atoms with Crippen LogP contribution in [0.4, 0.5) is 5.82 Å². The molecule has 0 aliphatic carbocycles. The van der Waals surface area contributed by atoms with Crippen LogP contribution in [0.1, 0.15) is 20.3 Å². The summed E-state index contributed by atoms with van der Waals surface area (Å²) in [5, 5.41) is 13.7. The van der Waals surface area contributed by atoms with E-state index in [1.807, 2.05) is 6.92 Å². The van der Waals surface area contributed by atoms with Crippen LogP contribution < -0.4 is 10.6 Å². The standard InChI is InChI=1S/C11H16N4O2S/c1-3-6-12-10(17)7-18-11-5-4-9(14-15-11)13-8(2)16/h4-5H,3,6-7H2,1-2H3,(H,12,17)(H,13,14,16). The summed E-state index contributed by atoms with van der Waals surface area (Å²) in [5.41, 5.74) is 0. The van der Waals surface area contributed by atoms with Crippen molar-refractivity contribution in [3.8, 4) is 0 Å². The third-order valence-corrected chi connectivity index (χ3v) is 2.79. The van der Waals surface area contributed by atoms with E-state index in [0.717, 1.165) is 6.42 Å². The molecular weight excluding hydrogens is 252 g/mol. The Balaban J connectivity index is 2.39. The lowest BCUT2D eigenvalue weighted by molar-refractivity contribution is -0.118. The van der Waals surface area contributed by atoms with Gasteiger partial charge in [0.05, 0.1) is 5.75 Å². The normalized spacial score (nSPS) is 9.89. The third kappa shape index (κ3) is 5.62. The van der Waals surface area contributed by atoms with E-state index < -0.39 is 0 Å². The SMILES string of the molecule is CCCNC(=O)CSc1ccc(NC(C)=O)nn1. The molecule has 0 atom stereocenters. The van der Waals surface area contributed by atoms with Gasteiger partial charge in [-0.2, -0.15) is 0 Å². The highest BCUT2D eigenvalue weighted by Crippen LogP contribution is 2.14. The Morgan fingerprint density at radius 3 is 2.67 bits per heavy atom. The van der Waals surface area contributed by atoms with Crippen molar-refractivity contribution in [3.05, 3.63) is 12.1 Å². The van der Waals surface area contributed by atoms with Crippen LogP contribution in [0.5, 0.6) is 0 Å². The Morgan fingerprint density at radius 2 is 2.11 bits per heavy atom. The molecule has 0 aliphatic rings. The average Bonchev–Trinajstić information content (AvgIpc) is 2.35. The van der Waals surface area contributed by atoms with Gasteiger partial charge in [0, 0.05) is 13.5 Å². The minimum atomic E-state index is -0.191. The van der Waals surface area contributed by atoms with Crippen molar-refractivity contribution in [1.29, 1.82) is 0 Å². The molecule has 1 heterocycles. The van der Waals surface area contributed by atoms with Gasteiger partial charge < -0.3 is 10.6 Å². The van der Waals surface area contributed by atoms with Crippen molar-refractivity contribution in [1.82, 2.24) is 15.5 Å². The molecule has 2 N–H and O–H groups in total. The molecule has 1 aromatic rings. The summed E-state index contributed by atoms with van der Waals surface area (Å²) >= 11 is 1.31. The number of amides is 2. The molecule has 7 heteroatoms. The quantitative estimate of drug-likeness (QED) is 0.753. The van der Waals surface area contributed by atoms with E-state index in [0.29, 0.717) is 23.1 Å². The molecule has 0 radical (unpaired) electrons. The molecule has 0 bridgehead atoms. The average molecular weight is 268 g/mol. The first-order valence-electron chi connectivity index (χ1n) is 5.62. The topological polar surface area (TPSA) is 84.0 Å². The molecule has 2 amide bonds. The van der Waals surface area contributed by atoms with E-state index in [1.165, 1.54) is 18.7 Å². The Bertz CT molecular complexity index is 408. The van der Waals surface area contributed by atoms with Gasteiger partial charge in [-0.1, -0.05) is 18.7 Å². The van der Waals surface area contributed by atoms with Crippen molar-refractivity contribution in [3.63, 3.8) is 0 Å². The number of aromatic nitrogens is 2. The maximum absolute atomic E-state index is 11.4. The van der Waals surface area contributed by atoms with Gasteiger partial charge in [0.1, 0.15) is 5.03 Å². The summed E-state index contributed by atoms with van der Waals surface area (Å²) in [6, 6.07) is 3.37. The number of thioether (sulfide) groups is 1. The van der Waals surface area contributed by atoms with Crippen molar-refractivity contribution in [2.24, 2.45) is 0 Å². The van der Waals surface area contributed by atoms with Crippen LogP contribution in [0, 0.1) is 0 Å². The van der Waals surface area contributed by atoms with Gasteiger partial charge in [-0.25, -0.2) is 0 Å². The van der Waals surface area contributed by atoms with Crippen molar-refractivity contribution in [2.45, 2.75) is 25.3 Å². The lowest BCUT2D eigenvalue weighted by Gasteiger charge is -2.03. The second-order valence-electron chi connectivity index (χ2n) is 3.58. The molecule has 0 aliphatic heterocycles. The first kappa shape index (κ1) is 14.4. The number of anilines is 1. The van der Waals surface area contributed by atoms with Gasteiger partial charge in [-0.15, -0.1) is 10.2 Å². The zero-order valence-electron chi connectivity index (χ0n) is 10.4. The molecule has 0 spiro atoms. The Morgan fingerprint density at radius 1 is 1.33 bits per heavy atom. The van der Waals surface area contributed by atoms with Gasteiger partial charge in [0.25, 0.3) is 0 Å². The molecule has 0 unspecified atom stereocenters. The smallest absolute Gasteiger partial charge is 0.230 e. The van der Waals surface area contributed by atoms with E-state index in [4.69, 9.17) is 0 Å². The summed E-state index contributed by atoms with van der Waals surface area (Å²) in [6.07, 6.45) is 0.918. The first-order valence-corrected chi connectivity index (χ1v) is 6.61. The van der Waals surface area contributed by atoms with E-state index in [9.17, 15) is 9.59 Å². The maximum atomic E-state index is 11.4. The van der Waals surface area contributed by atoms with E-state index in [2.05, 4.69) is 20.8 Å². The van der Waals surface area contributed by atoms with E-state index in [1.54, 1.807) is 12.1 Å². The highest BCUT2D eigenvalue weighted by atomic mass is 32.2. The Hall–Kier alpha value is -1.63. The summed E-state index contributed by atoms with van der Waals surface area (Å²) in [6.45, 7) is 4.09. The molecular formula is C11H16N4O2S. The fourth-order valence-corrected chi connectivity index (χ4v) is 1.74. The summed E-state index contributed by atoms with van der Waals surface area (Å²) in [7, 11) is 0. The van der Waals surface area contributed by atoms with Gasteiger partial charge in [0.15, 0.2) is 5.82 Å². The van der Waals surface area contributed by atoms with Crippen molar-refractivity contribution >= 4 is 29.4 Å². The lowest BCUT2D eigenvalue weighted by atomic mass is 10.5. The predicted octanol–water partition coefficient (Wildman–Crippen LogP) is 1.05. The fourth-order valence-electron chi connectivity index (χ4n) is 1.10. The number of hydrogen-bond donors (Lipinski definition) is 2. The summed E-state index contributed by atoms with van der Waals surface area (Å²) in [4.78, 5) is 22.1. The predicted molar refractivity (Wildman–Crippen MR) is 70.4 cm³/mol. The minimum absolute atomic E-state index is 0.0189. The van der Waals surface area contributed by atoms with Crippen LogP contribution >= 0.6 is 11.8 Å². The second-order valence-corrected chi connectivity index (χ2v) is 4.57. The van der Waals surface area contributed by atoms with Crippen molar-refractivity contribution in [2.75, 3.05) is 17.6 Å². The molecule has 0 saturated carbocycles. The minimum Gasteiger partial charge on any atom is -0.355 e. The van der Waals surface area contributed by atoms with E-state index in [-0.39, 0.29) is 11.8 Å². The zero-order valence-corrected chi connectivity index (χ0v) is 11.2. The number of nitrogens with zero attached hydrogens (tertiary/aromatic N) is 2. The number of hydrogen-bond acceptors (Lipinski definition) is 5. The number of nitrogens with one attached hydrogen (secondary N) is 2. The van der Waals surface area contributed by atoms with Crippen LogP contribution in [0.15, 0.2) is 17.2 Å². The highest BCUT2D eigenvalue weighted by Gasteiger charge is 2.04. The first-order chi connectivity index (χ1) is 8.61. The monoisotopic (exact) mass is 268 g/mol. The number of carbonyl (C=O) groups is 2. The van der Waals surface area contributed by atoms with Gasteiger partial charge in [-0.05, 0) is 18.6 Å². The molecule has 0 aromatic carbocycles. The van der Waals surface area contributed by atoms with Crippen LogP contribution in [0.25, 0.3) is 0 Å². The van der Waals surface area contributed by atoms with Crippen LogP contribution in [0.3, 0.4) is 0 Å². The van der Waals surface area contributed by atoms with Crippen LogP contribution in [-0.2, 0) is 9.59 Å². The molecule has 98 valence electrons. The van der Waals surface area contributed by atoms with E-state index >= 15 is 0 Å². The molecule has 6 nitrogen and oxygen atoms in total. The van der Waals surface area contributed by atoms with Gasteiger partial charge >= 0.3 is 0 Å². The largest absolute Gasteiger partial charge is 0.355 e. The third-order valence-electron chi connectivity index (χ3n) is 1.87. The molecule has 0 fully saturated rings. The number of carbonyl (C=O) groups excluding carboxylic acids is 2. The van der Waals surface area contributed by atoms with Gasteiger partial charge in [0.2, 0.25) is 11.8 Å². The van der Waals surface area contributed by atoms with Crippen LogP contribution in [-0.4, -0.2) is 34.3 Å². The van der Waals surface area contributed by atoms with Crippen LogP contribution in [0.2, 0.25) is 0 Å². The second kappa shape index (κ2) is 7.65. The molecule has 1 rings (SSSR count). The highest BCUT2D eigenvalue weighted by molar-refractivity contribution is 7.99. The maximum Gasteiger partial charge on any atom is 0.230 e. The molecule has 0 saturated heterocycles. The fraction of sp³-hybridized carbons (Fsp3) is 0.455. The Labute approximate surface area is 110 Å². The zero-order chi connectivity index (χ0) is 13.4.